The summed E-state index contributed by atoms with van der Waals surface area (Å²) < 4.78 is 5.31. The second kappa shape index (κ2) is 7.57. The maximum atomic E-state index is 12.7. The Morgan fingerprint density at radius 3 is 3.07 bits per heavy atom. The molecule has 27 heavy (non-hydrogen) atoms. The van der Waals surface area contributed by atoms with Crippen molar-refractivity contribution in [2.45, 2.75) is 18.9 Å². The molecule has 1 unspecified atom stereocenters. The van der Waals surface area contributed by atoms with Crippen molar-refractivity contribution < 1.29 is 9.53 Å². The number of aromatic nitrogens is 2. The summed E-state index contributed by atoms with van der Waals surface area (Å²) in [5.41, 5.74) is 2.74. The standard InChI is InChI=1S/C20H23N5O2/c1-27-19-7-3-2-6-18(19)23-20(26)25-10-4-5-16(13-25)22-15-8-9-17-14(11-15)12-21-24-17/h2-3,6-9,11-12,16,22H,4-5,10,13H2,1H3,(H,21,24)(H,23,26). The lowest BCUT2D eigenvalue weighted by Crippen LogP contribution is -2.46. The lowest BCUT2D eigenvalue weighted by molar-refractivity contribution is 0.196. The van der Waals surface area contributed by atoms with Crippen LogP contribution >= 0.6 is 0 Å². The number of piperidine rings is 1. The van der Waals surface area contributed by atoms with Crippen molar-refractivity contribution in [2.24, 2.45) is 0 Å². The van der Waals surface area contributed by atoms with Crippen LogP contribution < -0.4 is 15.4 Å². The van der Waals surface area contributed by atoms with E-state index in [-0.39, 0.29) is 12.1 Å². The zero-order valence-electron chi connectivity index (χ0n) is 15.2. The van der Waals surface area contributed by atoms with Gasteiger partial charge in [0.25, 0.3) is 0 Å². The van der Waals surface area contributed by atoms with Gasteiger partial charge in [-0.3, -0.25) is 5.10 Å². The number of H-pyrrole nitrogens is 1. The van der Waals surface area contributed by atoms with Crippen LogP contribution in [0.1, 0.15) is 12.8 Å². The molecule has 3 N–H and O–H groups in total. The van der Waals surface area contributed by atoms with E-state index in [0.29, 0.717) is 18.0 Å². The van der Waals surface area contributed by atoms with Crippen LogP contribution in [-0.2, 0) is 0 Å². The first-order chi connectivity index (χ1) is 13.2. The Hall–Kier alpha value is -3.22. The van der Waals surface area contributed by atoms with E-state index in [2.05, 4.69) is 26.9 Å². The van der Waals surface area contributed by atoms with Gasteiger partial charge < -0.3 is 20.3 Å². The van der Waals surface area contributed by atoms with Gasteiger partial charge in [0.2, 0.25) is 0 Å². The number of likely N-dealkylation sites (tertiary alicyclic amines) is 1. The molecule has 0 saturated carbocycles. The van der Waals surface area contributed by atoms with Crippen molar-refractivity contribution in [3.63, 3.8) is 0 Å². The Bertz CT molecular complexity index is 939. The largest absolute Gasteiger partial charge is 0.495 e. The molecule has 0 aliphatic carbocycles. The zero-order valence-corrected chi connectivity index (χ0v) is 15.2. The van der Waals surface area contributed by atoms with Gasteiger partial charge in [-0.05, 0) is 43.2 Å². The fourth-order valence-corrected chi connectivity index (χ4v) is 3.49. The molecule has 0 radical (unpaired) electrons. The quantitative estimate of drug-likeness (QED) is 0.659. The lowest BCUT2D eigenvalue weighted by Gasteiger charge is -2.33. The molecule has 0 spiro atoms. The number of anilines is 2. The van der Waals surface area contributed by atoms with Crippen LogP contribution in [0.4, 0.5) is 16.2 Å². The van der Waals surface area contributed by atoms with E-state index in [1.54, 1.807) is 7.11 Å². The molecule has 2 aromatic carbocycles. The van der Waals surface area contributed by atoms with E-state index in [4.69, 9.17) is 4.74 Å². The van der Waals surface area contributed by atoms with Crippen LogP contribution in [0.15, 0.2) is 48.7 Å². The van der Waals surface area contributed by atoms with Gasteiger partial charge in [0.05, 0.1) is 24.5 Å². The summed E-state index contributed by atoms with van der Waals surface area (Å²) in [5.74, 6) is 0.658. The molecule has 7 heteroatoms. The molecule has 1 saturated heterocycles. The summed E-state index contributed by atoms with van der Waals surface area (Å²) in [5, 5.41) is 14.6. The van der Waals surface area contributed by atoms with Crippen molar-refractivity contribution in [3.05, 3.63) is 48.7 Å². The number of rotatable bonds is 4. The third kappa shape index (κ3) is 3.81. The molecular weight excluding hydrogens is 342 g/mol. The van der Waals surface area contributed by atoms with Crippen molar-refractivity contribution in [1.82, 2.24) is 15.1 Å². The second-order valence-corrected chi connectivity index (χ2v) is 6.73. The smallest absolute Gasteiger partial charge is 0.322 e. The van der Waals surface area contributed by atoms with Crippen LogP contribution in [0.5, 0.6) is 5.75 Å². The molecule has 2 amide bonds. The van der Waals surface area contributed by atoms with Crippen LogP contribution in [-0.4, -0.2) is 47.4 Å². The third-order valence-electron chi connectivity index (χ3n) is 4.87. The van der Waals surface area contributed by atoms with Crippen molar-refractivity contribution >= 4 is 28.3 Å². The highest BCUT2D eigenvalue weighted by Gasteiger charge is 2.24. The van der Waals surface area contributed by atoms with E-state index in [1.807, 2.05) is 47.5 Å². The number of para-hydroxylation sites is 2. The van der Waals surface area contributed by atoms with Gasteiger partial charge in [-0.25, -0.2) is 4.79 Å². The number of hydrogen-bond donors (Lipinski definition) is 3. The Labute approximate surface area is 157 Å². The van der Waals surface area contributed by atoms with Crippen molar-refractivity contribution in [1.29, 1.82) is 0 Å². The number of carbonyl (C=O) groups is 1. The van der Waals surface area contributed by atoms with Crippen molar-refractivity contribution in [3.8, 4) is 5.75 Å². The Morgan fingerprint density at radius 1 is 1.30 bits per heavy atom. The van der Waals surface area contributed by atoms with E-state index in [9.17, 15) is 4.79 Å². The highest BCUT2D eigenvalue weighted by atomic mass is 16.5. The fourth-order valence-electron chi connectivity index (χ4n) is 3.49. The molecule has 1 aliphatic rings. The zero-order chi connectivity index (χ0) is 18.6. The second-order valence-electron chi connectivity index (χ2n) is 6.73. The predicted octanol–water partition coefficient (Wildman–Crippen LogP) is 3.68. The number of carbonyl (C=O) groups excluding carboxylic acids is 1. The van der Waals surface area contributed by atoms with E-state index < -0.39 is 0 Å². The Morgan fingerprint density at radius 2 is 2.19 bits per heavy atom. The number of hydrogen-bond acceptors (Lipinski definition) is 4. The van der Waals surface area contributed by atoms with Gasteiger partial charge in [-0.15, -0.1) is 0 Å². The summed E-state index contributed by atoms with van der Waals surface area (Å²) in [7, 11) is 1.60. The van der Waals surface area contributed by atoms with Crippen LogP contribution in [0.25, 0.3) is 10.9 Å². The van der Waals surface area contributed by atoms with Gasteiger partial charge >= 0.3 is 6.03 Å². The number of methoxy groups -OCH3 is 1. The van der Waals surface area contributed by atoms with E-state index in [1.165, 1.54) is 0 Å². The van der Waals surface area contributed by atoms with Crippen LogP contribution in [0.3, 0.4) is 0 Å². The first-order valence-corrected chi connectivity index (χ1v) is 9.11. The van der Waals surface area contributed by atoms with Gasteiger partial charge in [0, 0.05) is 30.2 Å². The molecule has 1 aliphatic heterocycles. The minimum Gasteiger partial charge on any atom is -0.495 e. The number of amides is 2. The molecule has 2 heterocycles. The number of ether oxygens (including phenoxy) is 1. The minimum atomic E-state index is -0.101. The van der Waals surface area contributed by atoms with Gasteiger partial charge in [-0.1, -0.05) is 12.1 Å². The molecule has 1 fully saturated rings. The molecule has 7 nitrogen and oxygen atoms in total. The molecular formula is C20H23N5O2. The number of nitrogens with one attached hydrogen (secondary N) is 3. The average molecular weight is 365 g/mol. The van der Waals surface area contributed by atoms with Crippen molar-refractivity contribution in [2.75, 3.05) is 30.8 Å². The summed E-state index contributed by atoms with van der Waals surface area (Å²) in [6, 6.07) is 13.7. The minimum absolute atomic E-state index is 0.101. The normalized spacial score (nSPS) is 16.9. The fraction of sp³-hybridized carbons (Fsp3) is 0.300. The lowest BCUT2D eigenvalue weighted by atomic mass is 10.1. The number of benzene rings is 2. The SMILES string of the molecule is COc1ccccc1NC(=O)N1CCCC(Nc2ccc3[nH]ncc3c2)C1. The average Bonchev–Trinajstić information content (AvgIpc) is 3.16. The number of fused-ring (bicyclic) bond motifs is 1. The van der Waals surface area contributed by atoms with E-state index in [0.717, 1.165) is 36.0 Å². The third-order valence-corrected chi connectivity index (χ3v) is 4.87. The topological polar surface area (TPSA) is 82.3 Å². The Balaban J connectivity index is 1.40. The van der Waals surface area contributed by atoms with Gasteiger partial charge in [0.1, 0.15) is 5.75 Å². The number of nitrogens with zero attached hydrogens (tertiary/aromatic N) is 2. The molecule has 140 valence electrons. The predicted molar refractivity (Wildman–Crippen MR) is 106 cm³/mol. The van der Waals surface area contributed by atoms with E-state index >= 15 is 0 Å². The summed E-state index contributed by atoms with van der Waals surface area (Å²) >= 11 is 0. The summed E-state index contributed by atoms with van der Waals surface area (Å²) in [4.78, 5) is 14.5. The van der Waals surface area contributed by atoms with Crippen LogP contribution in [0.2, 0.25) is 0 Å². The number of aromatic amines is 1. The molecule has 1 aromatic heterocycles. The summed E-state index contributed by atoms with van der Waals surface area (Å²) in [6.45, 7) is 1.41. The summed E-state index contributed by atoms with van der Waals surface area (Å²) in [6.07, 6.45) is 3.81. The highest BCUT2D eigenvalue weighted by molar-refractivity contribution is 5.91. The van der Waals surface area contributed by atoms with Gasteiger partial charge in [-0.2, -0.15) is 5.10 Å². The Kier molecular flexibility index (Phi) is 4.82. The van der Waals surface area contributed by atoms with Crippen LogP contribution in [0, 0.1) is 0 Å². The maximum absolute atomic E-state index is 12.7. The molecule has 3 aromatic rings. The first kappa shape index (κ1) is 17.2. The monoisotopic (exact) mass is 365 g/mol. The molecule has 1 atom stereocenters. The van der Waals surface area contributed by atoms with Gasteiger partial charge in [0.15, 0.2) is 0 Å². The maximum Gasteiger partial charge on any atom is 0.322 e. The first-order valence-electron chi connectivity index (χ1n) is 9.11. The molecule has 4 rings (SSSR count). The number of urea groups is 1. The highest BCUT2D eigenvalue weighted by Crippen LogP contribution is 2.25. The molecule has 0 bridgehead atoms.